The minimum atomic E-state index is -0.101. The third kappa shape index (κ3) is 1.21. The number of rotatable bonds is 2. The molecule has 1 heterocycles. The molecule has 1 N–H and O–H groups in total. The van der Waals surface area contributed by atoms with E-state index in [1.165, 1.54) is 0 Å². The molecule has 0 aromatic carbocycles. The van der Waals surface area contributed by atoms with E-state index in [1.54, 1.807) is 0 Å². The summed E-state index contributed by atoms with van der Waals surface area (Å²) >= 11 is 0. The van der Waals surface area contributed by atoms with E-state index in [4.69, 9.17) is 4.74 Å². The van der Waals surface area contributed by atoms with Crippen molar-refractivity contribution >= 4 is 18.4 Å². The Hall–Kier alpha value is -0.280. The smallest absolute Gasteiger partial charge is 0.313 e. The molecule has 2 aliphatic rings. The number of carbonyl (C=O) groups excluding carboxylic acids is 1. The molecule has 1 saturated carbocycles. The molecule has 2 rings (SSSR count). The zero-order valence-corrected chi connectivity index (χ0v) is 7.95. The third-order valence-corrected chi connectivity index (χ3v) is 2.75. The Morgan fingerprint density at radius 3 is 2.92 bits per heavy atom. The maximum Gasteiger partial charge on any atom is 0.313 e. The van der Waals surface area contributed by atoms with E-state index in [2.05, 4.69) is 5.32 Å². The number of piperidine rings is 1. The van der Waals surface area contributed by atoms with E-state index in [0.29, 0.717) is 12.5 Å². The van der Waals surface area contributed by atoms with Crippen LogP contribution in [0.15, 0.2) is 0 Å². The van der Waals surface area contributed by atoms with Crippen LogP contribution in [-0.2, 0) is 9.53 Å². The lowest BCUT2D eigenvalue weighted by Crippen LogP contribution is -2.25. The maximum atomic E-state index is 11.3. The molecule has 1 aliphatic carbocycles. The van der Waals surface area contributed by atoms with Gasteiger partial charge < -0.3 is 10.1 Å². The molecule has 1 aliphatic heterocycles. The Kier molecular flexibility index (Phi) is 2.64. The molecular weight excluding hydrogens is 178 g/mol. The normalized spacial score (nSPS) is 36.6. The first-order valence-electron chi connectivity index (χ1n) is 4.17. The van der Waals surface area contributed by atoms with Crippen molar-refractivity contribution in [3.05, 3.63) is 0 Å². The largest absolute Gasteiger partial charge is 0.466 e. The number of hydrogen-bond acceptors (Lipinski definition) is 3. The number of halogens is 1. The molecule has 2 unspecified atom stereocenters. The number of esters is 1. The van der Waals surface area contributed by atoms with Crippen LogP contribution in [0.1, 0.15) is 13.3 Å². The van der Waals surface area contributed by atoms with Crippen LogP contribution in [0.4, 0.5) is 0 Å². The molecule has 0 aromatic rings. The van der Waals surface area contributed by atoms with Gasteiger partial charge >= 0.3 is 5.97 Å². The van der Waals surface area contributed by atoms with Crippen molar-refractivity contribution in [2.24, 2.45) is 11.3 Å². The van der Waals surface area contributed by atoms with Gasteiger partial charge in [0.1, 0.15) is 0 Å². The van der Waals surface area contributed by atoms with E-state index >= 15 is 0 Å². The third-order valence-electron chi connectivity index (χ3n) is 2.75. The van der Waals surface area contributed by atoms with Crippen LogP contribution in [0, 0.1) is 11.3 Å². The summed E-state index contributed by atoms with van der Waals surface area (Å²) < 4.78 is 4.99. The molecule has 0 spiro atoms. The highest BCUT2D eigenvalue weighted by atomic mass is 35.5. The van der Waals surface area contributed by atoms with Gasteiger partial charge in [0.15, 0.2) is 0 Å². The van der Waals surface area contributed by atoms with Gasteiger partial charge in [-0.05, 0) is 25.8 Å². The molecule has 2 fully saturated rings. The summed E-state index contributed by atoms with van der Waals surface area (Å²) in [5.41, 5.74) is -0.101. The number of carbonyl (C=O) groups is 1. The Morgan fingerprint density at radius 1 is 1.75 bits per heavy atom. The molecular formula is C8H14ClNO2. The number of nitrogens with one attached hydrogen (secondary N) is 1. The standard InChI is InChI=1S/C8H13NO2.ClH/c1-2-11-7(10)8-3-6(8)4-9-5-8;/h6,9H,2-5H2,1H3;1H. The summed E-state index contributed by atoms with van der Waals surface area (Å²) in [6.07, 6.45) is 1.04. The summed E-state index contributed by atoms with van der Waals surface area (Å²) in [5.74, 6) is 0.580. The first-order valence-corrected chi connectivity index (χ1v) is 4.17. The van der Waals surface area contributed by atoms with Gasteiger partial charge in [-0.3, -0.25) is 4.79 Å². The van der Waals surface area contributed by atoms with Crippen LogP contribution >= 0.6 is 12.4 Å². The van der Waals surface area contributed by atoms with Gasteiger partial charge in [0.2, 0.25) is 0 Å². The highest BCUT2D eigenvalue weighted by molar-refractivity contribution is 5.85. The fourth-order valence-corrected chi connectivity index (χ4v) is 1.93. The number of fused-ring (bicyclic) bond motifs is 1. The number of ether oxygens (including phenoxy) is 1. The van der Waals surface area contributed by atoms with Crippen molar-refractivity contribution in [1.29, 1.82) is 0 Å². The Bertz CT molecular complexity index is 197. The van der Waals surface area contributed by atoms with Crippen LogP contribution in [0.3, 0.4) is 0 Å². The summed E-state index contributed by atoms with van der Waals surface area (Å²) in [5, 5.41) is 3.20. The van der Waals surface area contributed by atoms with E-state index in [1.807, 2.05) is 6.92 Å². The predicted molar refractivity (Wildman–Crippen MR) is 47.3 cm³/mol. The molecule has 0 aromatic heterocycles. The zero-order valence-electron chi connectivity index (χ0n) is 7.13. The van der Waals surface area contributed by atoms with Crippen molar-refractivity contribution in [2.75, 3.05) is 19.7 Å². The second-order valence-corrected chi connectivity index (χ2v) is 3.41. The molecule has 0 amide bonds. The second-order valence-electron chi connectivity index (χ2n) is 3.41. The average molecular weight is 192 g/mol. The van der Waals surface area contributed by atoms with Crippen LogP contribution in [0.25, 0.3) is 0 Å². The summed E-state index contributed by atoms with van der Waals surface area (Å²) in [7, 11) is 0. The topological polar surface area (TPSA) is 38.3 Å². The Balaban J connectivity index is 0.000000720. The molecule has 12 heavy (non-hydrogen) atoms. The molecule has 0 bridgehead atoms. The molecule has 70 valence electrons. The van der Waals surface area contributed by atoms with Gasteiger partial charge in [-0.2, -0.15) is 0 Å². The van der Waals surface area contributed by atoms with Crippen LogP contribution < -0.4 is 5.32 Å². The lowest BCUT2D eigenvalue weighted by molar-refractivity contribution is -0.149. The minimum Gasteiger partial charge on any atom is -0.466 e. The fourth-order valence-electron chi connectivity index (χ4n) is 1.93. The predicted octanol–water partition coefficient (Wildman–Crippen LogP) is 0.581. The SMILES string of the molecule is CCOC(=O)C12CNCC1C2.Cl. The average Bonchev–Trinajstić information content (AvgIpc) is 2.57. The van der Waals surface area contributed by atoms with Gasteiger partial charge in [-0.15, -0.1) is 12.4 Å². The first-order chi connectivity index (χ1) is 5.29. The maximum absolute atomic E-state index is 11.3. The molecule has 3 nitrogen and oxygen atoms in total. The monoisotopic (exact) mass is 191 g/mol. The second kappa shape index (κ2) is 3.23. The first kappa shape index (κ1) is 9.81. The zero-order chi connectivity index (χ0) is 7.90. The van der Waals surface area contributed by atoms with E-state index < -0.39 is 0 Å². The van der Waals surface area contributed by atoms with Crippen molar-refractivity contribution in [3.8, 4) is 0 Å². The van der Waals surface area contributed by atoms with Gasteiger partial charge in [-0.1, -0.05) is 0 Å². The number of hydrogen-bond donors (Lipinski definition) is 1. The van der Waals surface area contributed by atoms with Gasteiger partial charge in [0.25, 0.3) is 0 Å². The van der Waals surface area contributed by atoms with Crippen molar-refractivity contribution in [2.45, 2.75) is 13.3 Å². The Labute approximate surface area is 78.3 Å². The van der Waals surface area contributed by atoms with Gasteiger partial charge in [0, 0.05) is 6.54 Å². The van der Waals surface area contributed by atoms with Gasteiger partial charge in [-0.25, -0.2) is 0 Å². The van der Waals surface area contributed by atoms with Gasteiger partial charge in [0.05, 0.1) is 12.0 Å². The van der Waals surface area contributed by atoms with Crippen molar-refractivity contribution in [1.82, 2.24) is 5.32 Å². The minimum absolute atomic E-state index is 0. The van der Waals surface area contributed by atoms with E-state index in [0.717, 1.165) is 19.5 Å². The quantitative estimate of drug-likeness (QED) is 0.649. The van der Waals surface area contributed by atoms with Crippen molar-refractivity contribution < 1.29 is 9.53 Å². The summed E-state index contributed by atoms with van der Waals surface area (Å²) in [6, 6.07) is 0. The molecule has 4 heteroatoms. The highest BCUT2D eigenvalue weighted by Gasteiger charge is 2.63. The van der Waals surface area contributed by atoms with E-state index in [-0.39, 0.29) is 23.8 Å². The van der Waals surface area contributed by atoms with Crippen LogP contribution in [-0.4, -0.2) is 25.7 Å². The summed E-state index contributed by atoms with van der Waals surface area (Å²) in [4.78, 5) is 11.3. The highest BCUT2D eigenvalue weighted by Crippen LogP contribution is 2.55. The lowest BCUT2D eigenvalue weighted by atomic mass is 10.1. The molecule has 2 atom stereocenters. The van der Waals surface area contributed by atoms with E-state index in [9.17, 15) is 4.79 Å². The molecule has 1 saturated heterocycles. The fraction of sp³-hybridized carbons (Fsp3) is 0.875. The lowest BCUT2D eigenvalue weighted by Gasteiger charge is -2.09. The van der Waals surface area contributed by atoms with Crippen LogP contribution in [0.2, 0.25) is 0 Å². The van der Waals surface area contributed by atoms with Crippen molar-refractivity contribution in [3.63, 3.8) is 0 Å². The Morgan fingerprint density at radius 2 is 2.50 bits per heavy atom. The molecule has 0 radical (unpaired) electrons. The van der Waals surface area contributed by atoms with Crippen LogP contribution in [0.5, 0.6) is 0 Å². The summed E-state index contributed by atoms with van der Waals surface area (Å²) in [6.45, 7) is 4.19.